The normalized spacial score (nSPS) is 15.9. The Morgan fingerprint density at radius 1 is 0.852 bits per heavy atom. The maximum absolute atomic E-state index is 14.0. The summed E-state index contributed by atoms with van der Waals surface area (Å²) in [5, 5.41) is 14.9. The lowest BCUT2D eigenvalue weighted by atomic mass is 9.93. The smallest absolute Gasteiger partial charge is 0.293 e. The third-order valence-corrected chi connectivity index (χ3v) is 13.8. The Morgan fingerprint density at radius 2 is 1.57 bits per heavy atom. The highest BCUT2D eigenvalue weighted by Crippen LogP contribution is 2.36. The summed E-state index contributed by atoms with van der Waals surface area (Å²) in [5.41, 5.74) is 3.06. The van der Waals surface area contributed by atoms with Gasteiger partial charge in [0.05, 0.1) is 14.7 Å². The molecule has 5 aromatic carbocycles. The maximum atomic E-state index is 14.0. The molecule has 54 heavy (non-hydrogen) atoms. The van der Waals surface area contributed by atoms with Gasteiger partial charge >= 0.3 is 0 Å². The number of thioether (sulfide) groups is 1. The van der Waals surface area contributed by atoms with Gasteiger partial charge in [-0.25, -0.2) is 21.6 Å². The Hall–Kier alpha value is -5.22. The second-order valence-corrected chi connectivity index (χ2v) is 17.7. The molecule has 15 heteroatoms. The first-order valence-corrected chi connectivity index (χ1v) is 21.2. The zero-order chi connectivity index (χ0) is 37.9. The molecule has 2 aliphatic heterocycles. The summed E-state index contributed by atoms with van der Waals surface area (Å²) in [6.07, 6.45) is 1.20. The quantitative estimate of drug-likeness (QED) is 0.0627. The van der Waals surface area contributed by atoms with Gasteiger partial charge in [0.2, 0.25) is 10.0 Å². The SMILES string of the molecule is O=C(NS(=O)(=O)c1ccc(NCCSc2ccccc2)c([N+](=O)[O-])c1)c1ccc2c(c1)CC[C@H]1CN(S(=O)(=O)c3ccccc3-c3ccccc3)CCN21. The summed E-state index contributed by atoms with van der Waals surface area (Å²) in [7, 11) is -8.25. The number of piperazine rings is 1. The van der Waals surface area contributed by atoms with Crippen LogP contribution in [0.4, 0.5) is 17.1 Å². The largest absolute Gasteiger partial charge is 0.379 e. The second kappa shape index (κ2) is 15.6. The average Bonchev–Trinajstić information content (AvgIpc) is 3.19. The molecule has 0 saturated carbocycles. The fraction of sp³-hybridized carbons (Fsp3) is 0.205. The van der Waals surface area contributed by atoms with Crippen LogP contribution < -0.4 is 14.9 Å². The van der Waals surface area contributed by atoms with E-state index in [1.54, 1.807) is 40.3 Å². The molecule has 5 aromatic rings. The van der Waals surface area contributed by atoms with Crippen molar-refractivity contribution in [3.05, 3.63) is 143 Å². The molecule has 1 atom stereocenters. The van der Waals surface area contributed by atoms with Crippen LogP contribution in [-0.4, -0.2) is 69.9 Å². The lowest BCUT2D eigenvalue weighted by Gasteiger charge is -2.45. The molecule has 0 aromatic heterocycles. The van der Waals surface area contributed by atoms with E-state index in [2.05, 4.69) is 14.9 Å². The van der Waals surface area contributed by atoms with E-state index in [1.807, 2.05) is 72.8 Å². The number of aryl methyl sites for hydroxylation is 1. The number of nitro benzene ring substituents is 1. The van der Waals surface area contributed by atoms with Gasteiger partial charge in [-0.2, -0.15) is 4.31 Å². The number of anilines is 2. The number of nitrogens with one attached hydrogen (secondary N) is 2. The molecule has 1 amide bonds. The first-order valence-electron chi connectivity index (χ1n) is 17.3. The molecule has 0 radical (unpaired) electrons. The van der Waals surface area contributed by atoms with E-state index in [0.29, 0.717) is 43.8 Å². The van der Waals surface area contributed by atoms with Gasteiger partial charge in [-0.15, -0.1) is 11.8 Å². The van der Waals surface area contributed by atoms with E-state index in [0.717, 1.165) is 27.8 Å². The standard InChI is InChI=1S/C39H37N5O7S3/c45-39(41-53(48,49)33-18-19-35(37(26-33)44(46)47)40-21-24-52-32-11-5-2-6-12-32)30-16-20-36-29(25-30)15-17-31-27-42(22-23-43(31)36)54(50,51)38-14-8-7-13-34(38)28-9-3-1-4-10-28/h1-14,16,18-20,25-26,31,40H,15,17,21-24,27H2,(H,41,45)/t31-/m0/s1. The molecule has 0 aliphatic carbocycles. The van der Waals surface area contributed by atoms with Crippen molar-refractivity contribution < 1.29 is 26.6 Å². The number of nitro groups is 1. The van der Waals surface area contributed by atoms with Crippen molar-refractivity contribution in [1.29, 1.82) is 0 Å². The number of nitrogens with zero attached hydrogens (tertiary/aromatic N) is 3. The van der Waals surface area contributed by atoms with E-state index < -0.39 is 41.5 Å². The third-order valence-electron chi connectivity index (χ3n) is 9.57. The van der Waals surface area contributed by atoms with Gasteiger partial charge in [0.25, 0.3) is 21.6 Å². The molecule has 0 bridgehead atoms. The molecule has 0 unspecified atom stereocenters. The van der Waals surface area contributed by atoms with Gasteiger partial charge < -0.3 is 10.2 Å². The zero-order valence-electron chi connectivity index (χ0n) is 29.0. The van der Waals surface area contributed by atoms with E-state index in [-0.39, 0.29) is 28.7 Å². The summed E-state index contributed by atoms with van der Waals surface area (Å²) in [6.45, 7) is 1.42. The number of benzene rings is 5. The van der Waals surface area contributed by atoms with Gasteiger partial charge in [0, 0.05) is 65.7 Å². The fourth-order valence-electron chi connectivity index (χ4n) is 6.92. The summed E-state index contributed by atoms with van der Waals surface area (Å²) in [6, 6.07) is 34.5. The molecule has 2 aliphatic rings. The minimum absolute atomic E-state index is 0.0826. The average molecular weight is 784 g/mol. The lowest BCUT2D eigenvalue weighted by Crippen LogP contribution is -2.56. The second-order valence-electron chi connectivity index (χ2n) is 12.9. The minimum atomic E-state index is -4.45. The predicted molar refractivity (Wildman–Crippen MR) is 210 cm³/mol. The minimum Gasteiger partial charge on any atom is -0.379 e. The van der Waals surface area contributed by atoms with Crippen molar-refractivity contribution in [3.8, 4) is 11.1 Å². The summed E-state index contributed by atoms with van der Waals surface area (Å²) in [5.74, 6) is -0.239. The van der Waals surface area contributed by atoms with Gasteiger partial charge in [0.15, 0.2) is 0 Å². The molecule has 1 fully saturated rings. The number of hydrogen-bond acceptors (Lipinski definition) is 10. The number of carbonyl (C=O) groups is 1. The Kier molecular flexibility index (Phi) is 10.7. The highest BCUT2D eigenvalue weighted by Gasteiger charge is 2.38. The molecule has 2 N–H and O–H groups in total. The molecule has 0 spiro atoms. The predicted octanol–water partition coefficient (Wildman–Crippen LogP) is 6.41. The highest BCUT2D eigenvalue weighted by atomic mass is 32.2. The topological polar surface area (TPSA) is 159 Å². The van der Waals surface area contributed by atoms with Crippen LogP contribution in [0.5, 0.6) is 0 Å². The molecule has 2 heterocycles. The van der Waals surface area contributed by atoms with Crippen molar-refractivity contribution in [2.75, 3.05) is 42.1 Å². The Morgan fingerprint density at radius 3 is 2.33 bits per heavy atom. The summed E-state index contributed by atoms with van der Waals surface area (Å²) < 4.78 is 58.1. The lowest BCUT2D eigenvalue weighted by molar-refractivity contribution is -0.384. The monoisotopic (exact) mass is 783 g/mol. The van der Waals surface area contributed by atoms with Gasteiger partial charge in [-0.1, -0.05) is 66.7 Å². The molecular formula is C39H37N5O7S3. The molecular weight excluding hydrogens is 747 g/mol. The number of hydrogen-bond donors (Lipinski definition) is 2. The Labute approximate surface area is 318 Å². The van der Waals surface area contributed by atoms with Crippen LogP contribution in [0.2, 0.25) is 0 Å². The first-order chi connectivity index (χ1) is 26.0. The van der Waals surface area contributed by atoms with Crippen LogP contribution >= 0.6 is 11.8 Å². The van der Waals surface area contributed by atoms with Gasteiger partial charge in [0.1, 0.15) is 5.69 Å². The van der Waals surface area contributed by atoms with Crippen LogP contribution in [0.15, 0.2) is 136 Å². The number of sulfonamides is 2. The van der Waals surface area contributed by atoms with E-state index in [9.17, 15) is 31.7 Å². The van der Waals surface area contributed by atoms with E-state index in [1.165, 1.54) is 18.2 Å². The number of fused-ring (bicyclic) bond motifs is 3. The van der Waals surface area contributed by atoms with Crippen LogP contribution in [0.3, 0.4) is 0 Å². The first kappa shape index (κ1) is 37.1. The highest BCUT2D eigenvalue weighted by molar-refractivity contribution is 7.99. The molecule has 12 nitrogen and oxygen atoms in total. The van der Waals surface area contributed by atoms with E-state index in [4.69, 9.17) is 0 Å². The molecule has 1 saturated heterocycles. The van der Waals surface area contributed by atoms with E-state index >= 15 is 0 Å². The van der Waals surface area contributed by atoms with Crippen molar-refractivity contribution in [3.63, 3.8) is 0 Å². The summed E-state index contributed by atoms with van der Waals surface area (Å²) in [4.78, 5) is 27.6. The fourth-order valence-corrected chi connectivity index (χ4v) is 10.4. The van der Waals surface area contributed by atoms with Crippen LogP contribution in [0.25, 0.3) is 11.1 Å². The zero-order valence-corrected chi connectivity index (χ0v) is 31.4. The van der Waals surface area contributed by atoms with Crippen LogP contribution in [0.1, 0.15) is 22.3 Å². The van der Waals surface area contributed by atoms with Crippen molar-refractivity contribution in [2.45, 2.75) is 33.6 Å². The Bertz CT molecular complexity index is 2410. The third kappa shape index (κ3) is 7.85. The molecule has 7 rings (SSSR count). The van der Waals surface area contributed by atoms with Gasteiger partial charge in [-0.05, 0) is 72.5 Å². The van der Waals surface area contributed by atoms with Crippen molar-refractivity contribution in [1.82, 2.24) is 9.03 Å². The van der Waals surface area contributed by atoms with Crippen LogP contribution in [0, 0.1) is 10.1 Å². The van der Waals surface area contributed by atoms with Crippen LogP contribution in [-0.2, 0) is 26.5 Å². The Balaban J connectivity index is 1.01. The number of carbonyl (C=O) groups excluding carboxylic acids is 1. The molecule has 278 valence electrons. The summed E-state index contributed by atoms with van der Waals surface area (Å²) >= 11 is 1.58. The number of rotatable bonds is 12. The maximum Gasteiger partial charge on any atom is 0.293 e. The van der Waals surface area contributed by atoms with Gasteiger partial charge in [-0.3, -0.25) is 14.9 Å². The van der Waals surface area contributed by atoms with Crippen molar-refractivity contribution in [2.24, 2.45) is 0 Å². The van der Waals surface area contributed by atoms with Crippen molar-refractivity contribution >= 4 is 54.8 Å². The number of amides is 1.